The Bertz CT molecular complexity index is 1850. The molecule has 1 aliphatic carbocycles. The average Bonchev–Trinajstić information content (AvgIpc) is 3.71. The number of H-pyrrole nitrogens is 2. The summed E-state index contributed by atoms with van der Waals surface area (Å²) in [7, 11) is 0. The molecule has 1 saturated carbocycles. The van der Waals surface area contributed by atoms with Gasteiger partial charge in [0.05, 0.1) is 40.3 Å². The highest BCUT2D eigenvalue weighted by molar-refractivity contribution is 7.14. The zero-order valence-corrected chi connectivity index (χ0v) is 22.4. The number of carbonyl (C=O) groups is 1. The van der Waals surface area contributed by atoms with Crippen LogP contribution in [0.1, 0.15) is 38.5 Å². The normalized spacial score (nSPS) is 14.2. The molecule has 0 aliphatic heterocycles. The largest absolute Gasteiger partial charge is 0.337 e. The summed E-state index contributed by atoms with van der Waals surface area (Å²) in [6.07, 6.45) is 11.6. The van der Waals surface area contributed by atoms with Crippen molar-refractivity contribution in [3.63, 3.8) is 0 Å². The first-order chi connectivity index (χ1) is 19.6. The Morgan fingerprint density at radius 2 is 1.95 bits per heavy atom. The van der Waals surface area contributed by atoms with E-state index in [4.69, 9.17) is 4.98 Å². The SMILES string of the molecule is O=C(CC1CCCCC1)Nc1cncc(-c2cc3c(-c4nc5c(-c6ccc(F)s6)cccc5[nH]4)n[nH]c3cn2)c1. The summed E-state index contributed by atoms with van der Waals surface area (Å²) in [5.74, 6) is 1.10. The number of thiophene rings is 1. The van der Waals surface area contributed by atoms with Crippen LogP contribution in [-0.2, 0) is 4.79 Å². The third kappa shape index (κ3) is 4.75. The molecule has 0 spiro atoms. The first-order valence-electron chi connectivity index (χ1n) is 13.4. The highest BCUT2D eigenvalue weighted by Gasteiger charge is 2.19. The van der Waals surface area contributed by atoms with E-state index in [-0.39, 0.29) is 11.0 Å². The number of anilines is 1. The Kier molecular flexibility index (Phi) is 6.31. The lowest BCUT2D eigenvalue weighted by Crippen LogP contribution is -2.18. The molecule has 1 aliphatic rings. The van der Waals surface area contributed by atoms with Crippen molar-refractivity contribution in [2.45, 2.75) is 38.5 Å². The number of fused-ring (bicyclic) bond motifs is 2. The molecule has 0 unspecified atom stereocenters. The van der Waals surface area contributed by atoms with E-state index in [1.165, 1.54) is 25.3 Å². The number of pyridine rings is 2. The van der Waals surface area contributed by atoms with Gasteiger partial charge in [-0.3, -0.25) is 19.9 Å². The van der Waals surface area contributed by atoms with Gasteiger partial charge in [0.2, 0.25) is 5.91 Å². The second kappa shape index (κ2) is 10.3. The highest BCUT2D eigenvalue weighted by atomic mass is 32.1. The highest BCUT2D eigenvalue weighted by Crippen LogP contribution is 2.35. The standard InChI is InChI=1S/C30H26FN7OS/c31-26-10-9-25(40-26)20-7-4-8-22-28(20)36-30(35-22)29-21-13-23(33-16-24(21)37-38-29)18-12-19(15-32-14-18)34-27(39)11-17-5-2-1-3-6-17/h4,7-10,12-17H,1-3,5-6,11H2,(H,34,39)(H,35,36)(H,37,38). The smallest absolute Gasteiger partial charge is 0.224 e. The van der Waals surface area contributed by atoms with Gasteiger partial charge in [-0.15, -0.1) is 11.3 Å². The van der Waals surface area contributed by atoms with Crippen molar-refractivity contribution in [2.24, 2.45) is 5.92 Å². The van der Waals surface area contributed by atoms with E-state index in [0.29, 0.717) is 35.2 Å². The fourth-order valence-corrected chi connectivity index (χ4v) is 6.33. The Balaban J connectivity index is 1.19. The summed E-state index contributed by atoms with van der Waals surface area (Å²) in [6.45, 7) is 0. The average molecular weight is 552 g/mol. The molecule has 0 radical (unpaired) electrons. The zero-order valence-electron chi connectivity index (χ0n) is 21.6. The number of amides is 1. The van der Waals surface area contributed by atoms with Gasteiger partial charge >= 0.3 is 0 Å². The van der Waals surface area contributed by atoms with Gasteiger partial charge in [-0.25, -0.2) is 4.98 Å². The molecular weight excluding hydrogens is 525 g/mol. The van der Waals surface area contributed by atoms with E-state index in [2.05, 4.69) is 30.5 Å². The van der Waals surface area contributed by atoms with E-state index in [1.54, 1.807) is 24.7 Å². The Hall–Kier alpha value is -4.44. The lowest BCUT2D eigenvalue weighted by Gasteiger charge is -2.20. The first-order valence-corrected chi connectivity index (χ1v) is 14.3. The first kappa shape index (κ1) is 24.6. The number of benzene rings is 1. The van der Waals surface area contributed by atoms with Crippen LogP contribution in [0.4, 0.5) is 10.1 Å². The van der Waals surface area contributed by atoms with Crippen molar-refractivity contribution in [1.82, 2.24) is 30.1 Å². The van der Waals surface area contributed by atoms with E-state index in [9.17, 15) is 9.18 Å². The van der Waals surface area contributed by atoms with Gasteiger partial charge in [0.15, 0.2) is 11.0 Å². The van der Waals surface area contributed by atoms with E-state index >= 15 is 0 Å². The quantitative estimate of drug-likeness (QED) is 0.200. The molecule has 0 atom stereocenters. The molecule has 1 aromatic carbocycles. The number of aromatic nitrogens is 6. The fraction of sp³-hybridized carbons (Fsp3) is 0.233. The molecule has 8 nitrogen and oxygen atoms in total. The van der Waals surface area contributed by atoms with Gasteiger partial charge < -0.3 is 10.3 Å². The molecule has 0 bridgehead atoms. The van der Waals surface area contributed by atoms with Crippen LogP contribution in [0.25, 0.3) is 55.2 Å². The molecule has 7 rings (SSSR count). The van der Waals surface area contributed by atoms with Crippen LogP contribution in [0.5, 0.6) is 0 Å². The van der Waals surface area contributed by atoms with Gasteiger partial charge in [0.25, 0.3) is 0 Å². The van der Waals surface area contributed by atoms with Gasteiger partial charge in [0.1, 0.15) is 5.69 Å². The number of aromatic amines is 2. The number of imidazole rings is 1. The number of nitrogens with one attached hydrogen (secondary N) is 3. The Morgan fingerprint density at radius 1 is 1.05 bits per heavy atom. The molecule has 6 aromatic rings. The van der Waals surface area contributed by atoms with E-state index in [1.807, 2.05) is 30.3 Å². The summed E-state index contributed by atoms with van der Waals surface area (Å²) < 4.78 is 13.7. The van der Waals surface area contributed by atoms with Crippen LogP contribution in [-0.4, -0.2) is 36.0 Å². The minimum absolute atomic E-state index is 0.0286. The van der Waals surface area contributed by atoms with Crippen molar-refractivity contribution in [2.75, 3.05) is 5.32 Å². The third-order valence-corrected chi connectivity index (χ3v) is 8.45. The van der Waals surface area contributed by atoms with Crippen LogP contribution >= 0.6 is 11.3 Å². The molecular formula is C30H26FN7OS. The van der Waals surface area contributed by atoms with Crippen LogP contribution in [0.3, 0.4) is 0 Å². The molecule has 40 heavy (non-hydrogen) atoms. The molecule has 10 heteroatoms. The van der Waals surface area contributed by atoms with Crippen LogP contribution in [0, 0.1) is 11.0 Å². The van der Waals surface area contributed by atoms with Crippen LogP contribution in [0.15, 0.2) is 61.1 Å². The minimum Gasteiger partial charge on any atom is -0.337 e. The van der Waals surface area contributed by atoms with Crippen LogP contribution < -0.4 is 5.32 Å². The number of carbonyl (C=O) groups excluding carboxylic acids is 1. The molecule has 1 fully saturated rings. The third-order valence-electron chi connectivity index (χ3n) is 7.54. The van der Waals surface area contributed by atoms with Gasteiger partial charge in [-0.05, 0) is 49.1 Å². The maximum atomic E-state index is 13.7. The van der Waals surface area contributed by atoms with E-state index in [0.717, 1.165) is 62.1 Å². The van der Waals surface area contributed by atoms with Crippen molar-refractivity contribution >= 4 is 44.9 Å². The second-order valence-corrected chi connectivity index (χ2v) is 11.3. The van der Waals surface area contributed by atoms with E-state index < -0.39 is 0 Å². The molecule has 5 heterocycles. The minimum atomic E-state index is -0.233. The van der Waals surface area contributed by atoms with Gasteiger partial charge in [0, 0.05) is 34.0 Å². The molecule has 5 aromatic heterocycles. The summed E-state index contributed by atoms with van der Waals surface area (Å²) in [4.78, 5) is 30.7. The molecule has 200 valence electrons. The maximum Gasteiger partial charge on any atom is 0.224 e. The predicted octanol–water partition coefficient (Wildman–Crippen LogP) is 7.34. The Labute approximate surface area is 233 Å². The number of rotatable bonds is 6. The maximum absolute atomic E-state index is 13.7. The summed E-state index contributed by atoms with van der Waals surface area (Å²) in [6, 6.07) is 12.9. The summed E-state index contributed by atoms with van der Waals surface area (Å²) in [5, 5.41) is 11.2. The fourth-order valence-electron chi connectivity index (χ4n) is 5.57. The lowest BCUT2D eigenvalue weighted by molar-refractivity contribution is -0.117. The van der Waals surface area contributed by atoms with Crippen molar-refractivity contribution in [3.8, 4) is 33.2 Å². The summed E-state index contributed by atoms with van der Waals surface area (Å²) in [5.41, 5.74) is 6.03. The van der Waals surface area contributed by atoms with Crippen molar-refractivity contribution < 1.29 is 9.18 Å². The predicted molar refractivity (Wildman–Crippen MR) is 155 cm³/mol. The topological polar surface area (TPSA) is 112 Å². The molecule has 0 saturated heterocycles. The Morgan fingerprint density at radius 3 is 2.80 bits per heavy atom. The number of para-hydroxylation sites is 1. The second-order valence-electron chi connectivity index (χ2n) is 10.3. The zero-order chi connectivity index (χ0) is 27.1. The molecule has 3 N–H and O–H groups in total. The van der Waals surface area contributed by atoms with Gasteiger partial charge in [-0.1, -0.05) is 31.4 Å². The van der Waals surface area contributed by atoms with Crippen molar-refractivity contribution in [3.05, 3.63) is 66.2 Å². The summed E-state index contributed by atoms with van der Waals surface area (Å²) >= 11 is 1.09. The van der Waals surface area contributed by atoms with Crippen molar-refractivity contribution in [1.29, 1.82) is 0 Å². The molecule has 1 amide bonds. The number of hydrogen-bond donors (Lipinski definition) is 3. The number of halogens is 1. The lowest BCUT2D eigenvalue weighted by atomic mass is 9.87. The van der Waals surface area contributed by atoms with Crippen LogP contribution in [0.2, 0.25) is 0 Å². The number of nitrogens with zero attached hydrogens (tertiary/aromatic N) is 4. The monoisotopic (exact) mass is 551 g/mol. The number of hydrogen-bond acceptors (Lipinski definition) is 6. The van der Waals surface area contributed by atoms with Gasteiger partial charge in [-0.2, -0.15) is 9.49 Å².